The van der Waals surface area contributed by atoms with Gasteiger partial charge < -0.3 is 19.7 Å². The maximum atomic E-state index is 12.1. The fraction of sp³-hybridized carbons (Fsp3) is 0.571. The monoisotopic (exact) mass is 424 g/mol. The maximum absolute atomic E-state index is 12.1. The summed E-state index contributed by atoms with van der Waals surface area (Å²) in [6.07, 6.45) is 7.29. The first-order valence-electron chi connectivity index (χ1n) is 9.66. The molecule has 7 nitrogen and oxygen atoms in total. The van der Waals surface area contributed by atoms with Crippen molar-refractivity contribution in [3.05, 3.63) is 35.3 Å². The van der Waals surface area contributed by atoms with Gasteiger partial charge in [-0.3, -0.25) is 0 Å². The van der Waals surface area contributed by atoms with Crippen molar-refractivity contribution in [3.8, 4) is 0 Å². The third-order valence-corrected chi connectivity index (χ3v) is 4.19. The van der Waals surface area contributed by atoms with Crippen LogP contribution in [-0.2, 0) is 9.47 Å². The number of ether oxygens (including phenoxy) is 2. The van der Waals surface area contributed by atoms with E-state index >= 15 is 0 Å². The number of hydrogen-bond acceptors (Lipinski definition) is 5. The van der Waals surface area contributed by atoms with E-state index < -0.39 is 5.60 Å². The third-order valence-electron chi connectivity index (χ3n) is 4.09. The Balaban J connectivity index is 2.67. The number of halogens is 1. The van der Waals surface area contributed by atoms with Crippen molar-refractivity contribution in [2.75, 3.05) is 20.7 Å². The summed E-state index contributed by atoms with van der Waals surface area (Å²) >= 11 is 5.59. The first-order chi connectivity index (χ1) is 13.6. The number of hydrogen-bond donors (Lipinski definition) is 1. The number of methoxy groups -OCH3 is 1. The highest BCUT2D eigenvalue weighted by atomic mass is 35.5. The highest BCUT2D eigenvalue weighted by molar-refractivity contribution is 6.29. The molecule has 1 aliphatic carbocycles. The Morgan fingerprint density at radius 2 is 2.17 bits per heavy atom. The van der Waals surface area contributed by atoms with E-state index in [1.165, 1.54) is 6.34 Å². The normalized spacial score (nSPS) is 16.9. The second kappa shape index (κ2) is 11.7. The van der Waals surface area contributed by atoms with Crippen molar-refractivity contribution in [1.82, 2.24) is 10.2 Å². The van der Waals surface area contributed by atoms with E-state index in [1.807, 2.05) is 32.9 Å². The van der Waals surface area contributed by atoms with Crippen molar-refractivity contribution in [1.29, 1.82) is 0 Å². The van der Waals surface area contributed by atoms with Crippen LogP contribution in [0.4, 0.5) is 4.79 Å². The molecule has 0 aromatic heterocycles. The number of carbonyl (C=O) groups is 1. The van der Waals surface area contributed by atoms with Gasteiger partial charge in [-0.1, -0.05) is 31.2 Å². The molecule has 0 fully saturated rings. The number of amides is 1. The van der Waals surface area contributed by atoms with Crippen LogP contribution < -0.4 is 5.32 Å². The molecular formula is C21H33ClN4O3. The smallest absolute Gasteiger partial charge is 0.410 e. The number of aliphatic imine (C=N–C) groups is 2. The Labute approximate surface area is 179 Å². The molecule has 1 atom stereocenters. The molecule has 8 heteroatoms. The first kappa shape index (κ1) is 24.8. The van der Waals surface area contributed by atoms with Gasteiger partial charge in [-0.05, 0) is 33.6 Å². The van der Waals surface area contributed by atoms with Gasteiger partial charge in [0.2, 0.25) is 0 Å². The molecule has 1 N–H and O–H groups in total. The number of nitrogens with zero attached hydrogens (tertiary/aromatic N) is 3. The van der Waals surface area contributed by atoms with Crippen molar-refractivity contribution in [2.24, 2.45) is 9.98 Å². The zero-order valence-corrected chi connectivity index (χ0v) is 19.0. The van der Waals surface area contributed by atoms with Crippen molar-refractivity contribution in [3.63, 3.8) is 0 Å². The first-order valence-corrected chi connectivity index (χ1v) is 10.0. The summed E-state index contributed by atoms with van der Waals surface area (Å²) in [5, 5.41) is 3.69. The van der Waals surface area contributed by atoms with Crippen LogP contribution in [-0.4, -0.2) is 55.4 Å². The summed E-state index contributed by atoms with van der Waals surface area (Å²) in [6.45, 7) is 11.8. The molecule has 1 rings (SSSR count). The maximum Gasteiger partial charge on any atom is 0.410 e. The average molecular weight is 425 g/mol. The molecule has 0 spiro atoms. The Morgan fingerprint density at radius 1 is 1.48 bits per heavy atom. The summed E-state index contributed by atoms with van der Waals surface area (Å²) in [6, 6.07) is 0.185. The van der Waals surface area contributed by atoms with Gasteiger partial charge in [-0.2, -0.15) is 0 Å². The minimum atomic E-state index is -0.500. The SMILES string of the molecule is C=C(Cl)/N=C\N=C1C=C(OC)C(NC(CC)CCN(C)C(=O)OC(C)(C)C)=CC1. The van der Waals surface area contributed by atoms with E-state index in [4.69, 9.17) is 21.1 Å². The summed E-state index contributed by atoms with van der Waals surface area (Å²) in [7, 11) is 3.37. The highest BCUT2D eigenvalue weighted by Crippen LogP contribution is 2.18. The standard InChI is InChI=1S/C21H33ClN4O3/c1-8-16(11-12-26(6)20(27)29-21(3,4)5)25-18-10-9-17(13-19(18)28-7)24-14-23-15(2)22/h10,13-14,16,25H,2,8-9,11-12H2,1,3-7H3/b23-14-,24-17?. The summed E-state index contributed by atoms with van der Waals surface area (Å²) in [5.74, 6) is 0.701. The zero-order valence-electron chi connectivity index (χ0n) is 18.3. The van der Waals surface area contributed by atoms with E-state index in [-0.39, 0.29) is 17.3 Å². The molecular weight excluding hydrogens is 392 g/mol. The number of carbonyl (C=O) groups excluding carboxylic acids is 1. The van der Waals surface area contributed by atoms with Gasteiger partial charge in [-0.15, -0.1) is 0 Å². The van der Waals surface area contributed by atoms with Crippen LogP contribution in [0, 0.1) is 0 Å². The Morgan fingerprint density at radius 3 is 2.72 bits per heavy atom. The predicted molar refractivity (Wildman–Crippen MR) is 119 cm³/mol. The lowest BCUT2D eigenvalue weighted by Crippen LogP contribution is -2.38. The lowest BCUT2D eigenvalue weighted by Gasteiger charge is -2.27. The van der Waals surface area contributed by atoms with Crippen LogP contribution in [0.25, 0.3) is 0 Å². The molecule has 0 aromatic rings. The second-order valence-corrected chi connectivity index (χ2v) is 8.15. The molecule has 1 amide bonds. The van der Waals surface area contributed by atoms with Gasteiger partial charge >= 0.3 is 6.09 Å². The Hall–Kier alpha value is -2.28. The summed E-state index contributed by atoms with van der Waals surface area (Å²) < 4.78 is 10.9. The molecule has 0 heterocycles. The molecule has 162 valence electrons. The molecule has 0 saturated heterocycles. The lowest BCUT2D eigenvalue weighted by atomic mass is 10.1. The van der Waals surface area contributed by atoms with Crippen molar-refractivity contribution >= 4 is 29.7 Å². The highest BCUT2D eigenvalue weighted by Gasteiger charge is 2.21. The molecule has 1 aliphatic rings. The molecule has 29 heavy (non-hydrogen) atoms. The summed E-state index contributed by atoms with van der Waals surface area (Å²) in [5.41, 5.74) is 1.23. The molecule has 0 saturated carbocycles. The van der Waals surface area contributed by atoms with Gasteiger partial charge in [0.25, 0.3) is 0 Å². The number of nitrogens with one attached hydrogen (secondary N) is 1. The van der Waals surface area contributed by atoms with Gasteiger partial charge in [0.1, 0.15) is 22.9 Å². The van der Waals surface area contributed by atoms with Crippen molar-refractivity contribution in [2.45, 2.75) is 58.6 Å². The predicted octanol–water partition coefficient (Wildman–Crippen LogP) is 4.61. The number of allylic oxidation sites excluding steroid dienone is 2. The van der Waals surface area contributed by atoms with Gasteiger partial charge in [-0.25, -0.2) is 14.8 Å². The zero-order chi connectivity index (χ0) is 22.0. The van der Waals surface area contributed by atoms with E-state index in [1.54, 1.807) is 19.1 Å². The van der Waals surface area contributed by atoms with Crippen LogP contribution in [0.1, 0.15) is 47.0 Å². The molecule has 0 bridgehead atoms. The second-order valence-electron chi connectivity index (χ2n) is 7.72. The fourth-order valence-corrected chi connectivity index (χ4v) is 2.57. The largest absolute Gasteiger partial charge is 0.495 e. The van der Waals surface area contributed by atoms with E-state index in [0.29, 0.717) is 18.7 Å². The van der Waals surface area contributed by atoms with Crippen LogP contribution in [0.3, 0.4) is 0 Å². The third kappa shape index (κ3) is 9.65. The number of rotatable bonds is 9. The van der Waals surface area contributed by atoms with Crippen LogP contribution in [0.5, 0.6) is 0 Å². The quantitative estimate of drug-likeness (QED) is 0.333. The topological polar surface area (TPSA) is 75.5 Å². The van der Waals surface area contributed by atoms with Gasteiger partial charge in [0.15, 0.2) is 0 Å². The van der Waals surface area contributed by atoms with Gasteiger partial charge in [0, 0.05) is 37.8 Å². The minimum absolute atomic E-state index is 0.182. The van der Waals surface area contributed by atoms with E-state index in [2.05, 4.69) is 28.8 Å². The van der Waals surface area contributed by atoms with E-state index in [0.717, 1.165) is 24.3 Å². The Bertz CT molecular complexity index is 705. The molecule has 0 radical (unpaired) electrons. The van der Waals surface area contributed by atoms with Gasteiger partial charge in [0.05, 0.1) is 12.8 Å². The lowest BCUT2D eigenvalue weighted by molar-refractivity contribution is 0.0293. The molecule has 0 aliphatic heterocycles. The van der Waals surface area contributed by atoms with Crippen LogP contribution >= 0.6 is 11.6 Å². The molecule has 1 unspecified atom stereocenters. The minimum Gasteiger partial charge on any atom is -0.495 e. The fourth-order valence-electron chi connectivity index (χ4n) is 2.53. The summed E-state index contributed by atoms with van der Waals surface area (Å²) in [4.78, 5) is 21.8. The van der Waals surface area contributed by atoms with Crippen LogP contribution in [0.15, 0.2) is 45.3 Å². The van der Waals surface area contributed by atoms with Crippen molar-refractivity contribution < 1.29 is 14.3 Å². The Kier molecular flexibility index (Phi) is 9.95. The average Bonchev–Trinajstić information content (AvgIpc) is 2.63. The van der Waals surface area contributed by atoms with Crippen LogP contribution in [0.2, 0.25) is 0 Å². The van der Waals surface area contributed by atoms with E-state index in [9.17, 15) is 4.79 Å². The molecule has 0 aromatic carbocycles.